The third kappa shape index (κ3) is 3.88. The van der Waals surface area contributed by atoms with Crippen LogP contribution in [0.5, 0.6) is 17.2 Å². The standard InChI is InChI=1S/C21H30N2O5/c1-22(15-8-6-5-7-9-15)21(25)14-10-19(24)23(13-14)16-11-17(26-2)20(28-4)18(12-16)27-3/h11-12,14-15H,5-10,13H2,1-4H3. The first-order valence-corrected chi connectivity index (χ1v) is 9.87. The maximum atomic E-state index is 13.0. The van der Waals surface area contributed by atoms with Crippen LogP contribution in [0.25, 0.3) is 0 Å². The summed E-state index contributed by atoms with van der Waals surface area (Å²) in [5.41, 5.74) is 0.648. The van der Waals surface area contributed by atoms with Crippen LogP contribution in [0.2, 0.25) is 0 Å². The Morgan fingerprint density at radius 2 is 1.64 bits per heavy atom. The van der Waals surface area contributed by atoms with Gasteiger partial charge in [0.15, 0.2) is 11.5 Å². The Kier molecular flexibility index (Phi) is 6.31. The maximum Gasteiger partial charge on any atom is 0.228 e. The van der Waals surface area contributed by atoms with Crippen LogP contribution in [0.15, 0.2) is 12.1 Å². The SMILES string of the molecule is COc1cc(N2CC(C(=O)N(C)C3CCCCC3)CC2=O)cc(OC)c1OC. The number of amides is 2. The predicted octanol–water partition coefficient (Wildman–Crippen LogP) is 2.86. The minimum Gasteiger partial charge on any atom is -0.493 e. The summed E-state index contributed by atoms with van der Waals surface area (Å²) in [4.78, 5) is 29.2. The van der Waals surface area contributed by atoms with E-state index in [0.717, 1.165) is 12.8 Å². The van der Waals surface area contributed by atoms with E-state index in [-0.39, 0.29) is 24.2 Å². The van der Waals surface area contributed by atoms with E-state index >= 15 is 0 Å². The highest BCUT2D eigenvalue weighted by Gasteiger charge is 2.38. The van der Waals surface area contributed by atoms with Gasteiger partial charge in [-0.3, -0.25) is 9.59 Å². The van der Waals surface area contributed by atoms with Gasteiger partial charge in [-0.1, -0.05) is 19.3 Å². The van der Waals surface area contributed by atoms with Crippen molar-refractivity contribution in [3.63, 3.8) is 0 Å². The lowest BCUT2D eigenvalue weighted by Crippen LogP contribution is -2.42. The predicted molar refractivity (Wildman–Crippen MR) is 106 cm³/mol. The highest BCUT2D eigenvalue weighted by molar-refractivity contribution is 6.00. The van der Waals surface area contributed by atoms with E-state index in [1.165, 1.54) is 26.4 Å². The first-order valence-electron chi connectivity index (χ1n) is 9.87. The molecular formula is C21H30N2O5. The van der Waals surface area contributed by atoms with Gasteiger partial charge in [0.05, 0.1) is 32.9 Å². The molecule has 0 bridgehead atoms. The molecule has 1 atom stereocenters. The van der Waals surface area contributed by atoms with Crippen LogP contribution in [-0.2, 0) is 9.59 Å². The average molecular weight is 390 g/mol. The monoisotopic (exact) mass is 390 g/mol. The molecule has 0 spiro atoms. The van der Waals surface area contributed by atoms with E-state index in [0.29, 0.717) is 35.5 Å². The molecule has 1 saturated heterocycles. The molecule has 3 rings (SSSR count). The molecule has 2 amide bonds. The highest BCUT2D eigenvalue weighted by atomic mass is 16.5. The topological polar surface area (TPSA) is 68.3 Å². The molecule has 1 aliphatic carbocycles. The first kappa shape index (κ1) is 20.3. The lowest BCUT2D eigenvalue weighted by molar-refractivity contribution is -0.137. The van der Waals surface area contributed by atoms with Gasteiger partial charge in [-0.2, -0.15) is 0 Å². The van der Waals surface area contributed by atoms with Crippen LogP contribution in [0.3, 0.4) is 0 Å². The molecule has 1 aromatic rings. The Labute approximate surface area is 166 Å². The molecule has 7 heteroatoms. The second kappa shape index (κ2) is 8.71. The number of rotatable bonds is 6. The average Bonchev–Trinajstić information content (AvgIpc) is 3.13. The van der Waals surface area contributed by atoms with E-state index < -0.39 is 0 Å². The Morgan fingerprint density at radius 1 is 1.04 bits per heavy atom. The molecule has 28 heavy (non-hydrogen) atoms. The zero-order valence-electron chi connectivity index (χ0n) is 17.2. The summed E-state index contributed by atoms with van der Waals surface area (Å²) in [7, 11) is 6.50. The van der Waals surface area contributed by atoms with Gasteiger partial charge in [0.25, 0.3) is 0 Å². The highest BCUT2D eigenvalue weighted by Crippen LogP contribution is 2.42. The number of carbonyl (C=O) groups is 2. The van der Waals surface area contributed by atoms with Gasteiger partial charge in [0.1, 0.15) is 0 Å². The van der Waals surface area contributed by atoms with Gasteiger partial charge in [-0.05, 0) is 12.8 Å². The Balaban J connectivity index is 1.78. The number of methoxy groups -OCH3 is 3. The second-order valence-electron chi connectivity index (χ2n) is 7.53. The molecule has 1 aromatic carbocycles. The Hall–Kier alpha value is -2.44. The first-order chi connectivity index (χ1) is 13.5. The van der Waals surface area contributed by atoms with Crippen LogP contribution in [0.4, 0.5) is 5.69 Å². The maximum absolute atomic E-state index is 13.0. The van der Waals surface area contributed by atoms with Gasteiger partial charge < -0.3 is 24.0 Å². The third-order valence-electron chi connectivity index (χ3n) is 5.91. The number of ether oxygens (including phenoxy) is 3. The fourth-order valence-electron chi connectivity index (χ4n) is 4.28. The molecule has 2 fully saturated rings. The summed E-state index contributed by atoms with van der Waals surface area (Å²) >= 11 is 0. The third-order valence-corrected chi connectivity index (χ3v) is 5.91. The largest absolute Gasteiger partial charge is 0.493 e. The Bertz CT molecular complexity index is 705. The molecule has 1 aliphatic heterocycles. The van der Waals surface area contributed by atoms with Crippen molar-refractivity contribution in [3.8, 4) is 17.2 Å². The fourth-order valence-corrected chi connectivity index (χ4v) is 4.28. The quantitative estimate of drug-likeness (QED) is 0.747. The van der Waals surface area contributed by atoms with E-state index in [9.17, 15) is 9.59 Å². The van der Waals surface area contributed by atoms with Crippen molar-refractivity contribution in [1.82, 2.24) is 4.90 Å². The number of carbonyl (C=O) groups excluding carboxylic acids is 2. The zero-order valence-corrected chi connectivity index (χ0v) is 17.2. The van der Waals surface area contributed by atoms with Crippen molar-refractivity contribution >= 4 is 17.5 Å². The van der Waals surface area contributed by atoms with Crippen molar-refractivity contribution in [2.75, 3.05) is 39.8 Å². The molecule has 1 heterocycles. The molecule has 1 unspecified atom stereocenters. The summed E-state index contributed by atoms with van der Waals surface area (Å²) in [6.07, 6.45) is 5.92. The van der Waals surface area contributed by atoms with Crippen molar-refractivity contribution in [2.24, 2.45) is 5.92 Å². The van der Waals surface area contributed by atoms with Gasteiger partial charge in [-0.25, -0.2) is 0 Å². The van der Waals surface area contributed by atoms with Crippen LogP contribution >= 0.6 is 0 Å². The van der Waals surface area contributed by atoms with E-state index in [1.807, 2.05) is 11.9 Å². The van der Waals surface area contributed by atoms with Crippen LogP contribution in [0, 0.1) is 5.92 Å². The molecule has 2 aliphatic rings. The van der Waals surface area contributed by atoms with Crippen molar-refractivity contribution in [1.29, 1.82) is 0 Å². The van der Waals surface area contributed by atoms with Gasteiger partial charge in [0.2, 0.25) is 17.6 Å². The van der Waals surface area contributed by atoms with Gasteiger partial charge >= 0.3 is 0 Å². The van der Waals surface area contributed by atoms with E-state index in [4.69, 9.17) is 14.2 Å². The summed E-state index contributed by atoms with van der Waals surface area (Å²) < 4.78 is 16.1. The normalized spacial score (nSPS) is 20.2. The number of hydrogen-bond acceptors (Lipinski definition) is 5. The number of anilines is 1. The van der Waals surface area contributed by atoms with E-state index in [1.54, 1.807) is 31.3 Å². The van der Waals surface area contributed by atoms with Crippen LogP contribution in [0.1, 0.15) is 38.5 Å². The minimum absolute atomic E-state index is 0.0650. The summed E-state index contributed by atoms with van der Waals surface area (Å²) in [6.45, 7) is 0.368. The smallest absolute Gasteiger partial charge is 0.228 e. The number of hydrogen-bond donors (Lipinski definition) is 0. The molecule has 0 N–H and O–H groups in total. The van der Waals surface area contributed by atoms with Crippen molar-refractivity contribution in [2.45, 2.75) is 44.6 Å². The summed E-state index contributed by atoms with van der Waals surface area (Å²) in [6, 6.07) is 3.79. The number of nitrogens with zero attached hydrogens (tertiary/aromatic N) is 2. The lowest BCUT2D eigenvalue weighted by atomic mass is 9.93. The van der Waals surface area contributed by atoms with Gasteiger partial charge in [0, 0.05) is 38.2 Å². The summed E-state index contributed by atoms with van der Waals surface area (Å²) in [5.74, 6) is 1.13. The molecule has 0 radical (unpaired) electrons. The van der Waals surface area contributed by atoms with Crippen molar-refractivity contribution in [3.05, 3.63) is 12.1 Å². The van der Waals surface area contributed by atoms with Crippen LogP contribution in [-0.4, -0.2) is 57.7 Å². The summed E-state index contributed by atoms with van der Waals surface area (Å²) in [5, 5.41) is 0. The Morgan fingerprint density at radius 3 is 2.18 bits per heavy atom. The fraction of sp³-hybridized carbons (Fsp3) is 0.619. The molecule has 0 aromatic heterocycles. The van der Waals surface area contributed by atoms with E-state index in [2.05, 4.69) is 0 Å². The molecule has 1 saturated carbocycles. The van der Waals surface area contributed by atoms with Gasteiger partial charge in [-0.15, -0.1) is 0 Å². The molecule has 154 valence electrons. The second-order valence-corrected chi connectivity index (χ2v) is 7.53. The number of benzene rings is 1. The van der Waals surface area contributed by atoms with Crippen LogP contribution < -0.4 is 19.1 Å². The van der Waals surface area contributed by atoms with Crippen molar-refractivity contribution < 1.29 is 23.8 Å². The minimum atomic E-state index is -0.321. The zero-order chi connectivity index (χ0) is 20.3. The molecule has 7 nitrogen and oxygen atoms in total. The molecular weight excluding hydrogens is 360 g/mol. The lowest BCUT2D eigenvalue weighted by Gasteiger charge is -2.32.